The van der Waals surface area contributed by atoms with Crippen LogP contribution in [0, 0.1) is 13.8 Å². The third kappa shape index (κ3) is 1.08. The van der Waals surface area contributed by atoms with Crippen molar-refractivity contribution in [1.82, 2.24) is 9.97 Å². The predicted molar refractivity (Wildman–Crippen MR) is 57.8 cm³/mol. The van der Waals surface area contributed by atoms with Crippen LogP contribution in [0.3, 0.4) is 0 Å². The molecule has 4 nitrogen and oxygen atoms in total. The number of nitrogen functional groups attached to an aromatic ring is 2. The molecule has 0 spiro atoms. The summed E-state index contributed by atoms with van der Waals surface area (Å²) in [6.07, 6.45) is 3.29. The molecule has 0 aliphatic rings. The van der Waals surface area contributed by atoms with Crippen LogP contribution in [-0.4, -0.2) is 9.97 Å². The van der Waals surface area contributed by atoms with Crippen LogP contribution in [0.4, 0.5) is 11.4 Å². The minimum atomic E-state index is 0.628. The average Bonchev–Trinajstić information content (AvgIpc) is 2.16. The van der Waals surface area contributed by atoms with E-state index in [0.29, 0.717) is 11.4 Å². The first-order chi connectivity index (χ1) is 6.61. The molecular formula is C10H12N4. The molecule has 2 rings (SSSR count). The molecule has 0 aromatic carbocycles. The van der Waals surface area contributed by atoms with Crippen molar-refractivity contribution >= 4 is 22.1 Å². The zero-order valence-corrected chi connectivity index (χ0v) is 8.20. The number of anilines is 2. The summed E-state index contributed by atoms with van der Waals surface area (Å²) in [6.45, 7) is 3.83. The van der Waals surface area contributed by atoms with Gasteiger partial charge in [0.2, 0.25) is 0 Å². The van der Waals surface area contributed by atoms with E-state index in [2.05, 4.69) is 9.97 Å². The molecule has 0 saturated carbocycles. The molecule has 2 heterocycles. The molecule has 14 heavy (non-hydrogen) atoms. The van der Waals surface area contributed by atoms with Gasteiger partial charge in [-0.05, 0) is 13.8 Å². The lowest BCUT2D eigenvalue weighted by Crippen LogP contribution is -1.99. The standard InChI is InChI=1S/C10H12N4/c1-5-9-7(11)4-14-6(2)10(9)8(12)3-13-5/h3-4H,11-12H2,1-2H3. The SMILES string of the molecule is Cc1ncc(N)c2c(C)ncc(N)c12. The van der Waals surface area contributed by atoms with E-state index in [4.69, 9.17) is 11.5 Å². The Morgan fingerprint density at radius 3 is 1.57 bits per heavy atom. The summed E-state index contributed by atoms with van der Waals surface area (Å²) in [5, 5.41) is 1.83. The van der Waals surface area contributed by atoms with Crippen LogP contribution in [-0.2, 0) is 0 Å². The molecule has 2 aromatic heterocycles. The van der Waals surface area contributed by atoms with Crippen LogP contribution in [0.5, 0.6) is 0 Å². The van der Waals surface area contributed by atoms with Gasteiger partial charge in [0.25, 0.3) is 0 Å². The molecule has 0 saturated heterocycles. The quantitative estimate of drug-likeness (QED) is 0.655. The summed E-state index contributed by atoms with van der Waals surface area (Å²) < 4.78 is 0. The Bertz CT molecular complexity index is 416. The number of hydrogen-bond acceptors (Lipinski definition) is 4. The summed E-state index contributed by atoms with van der Waals surface area (Å²) >= 11 is 0. The zero-order valence-electron chi connectivity index (χ0n) is 8.20. The minimum Gasteiger partial charge on any atom is -0.397 e. The lowest BCUT2D eigenvalue weighted by atomic mass is 10.1. The van der Waals surface area contributed by atoms with Crippen molar-refractivity contribution in [2.75, 3.05) is 11.5 Å². The average molecular weight is 188 g/mol. The summed E-state index contributed by atoms with van der Waals surface area (Å²) in [5.41, 5.74) is 14.7. The molecule has 0 fully saturated rings. The summed E-state index contributed by atoms with van der Waals surface area (Å²) in [6, 6.07) is 0. The van der Waals surface area contributed by atoms with Gasteiger partial charge in [-0.2, -0.15) is 0 Å². The third-order valence-corrected chi connectivity index (χ3v) is 2.35. The number of aryl methyl sites for hydroxylation is 2. The molecule has 0 amide bonds. The molecule has 0 unspecified atom stereocenters. The van der Waals surface area contributed by atoms with E-state index in [1.807, 2.05) is 13.8 Å². The Hall–Kier alpha value is -1.84. The van der Waals surface area contributed by atoms with E-state index >= 15 is 0 Å². The second-order valence-corrected chi connectivity index (χ2v) is 3.35. The van der Waals surface area contributed by atoms with E-state index in [-0.39, 0.29) is 0 Å². The van der Waals surface area contributed by atoms with E-state index in [9.17, 15) is 0 Å². The van der Waals surface area contributed by atoms with Gasteiger partial charge in [0.15, 0.2) is 0 Å². The molecule has 0 aliphatic carbocycles. The van der Waals surface area contributed by atoms with Crippen molar-refractivity contribution in [3.05, 3.63) is 23.8 Å². The molecule has 0 aliphatic heterocycles. The topological polar surface area (TPSA) is 77.8 Å². The fraction of sp³-hybridized carbons (Fsp3) is 0.200. The fourth-order valence-electron chi connectivity index (χ4n) is 1.66. The molecule has 0 atom stereocenters. The molecule has 72 valence electrons. The molecule has 0 bridgehead atoms. The maximum atomic E-state index is 5.84. The normalized spacial score (nSPS) is 10.7. The molecule has 2 aromatic rings. The first-order valence-corrected chi connectivity index (χ1v) is 4.37. The highest BCUT2D eigenvalue weighted by atomic mass is 14.8. The number of rotatable bonds is 0. The van der Waals surface area contributed by atoms with Crippen molar-refractivity contribution in [2.45, 2.75) is 13.8 Å². The van der Waals surface area contributed by atoms with Crippen LogP contribution in [0.25, 0.3) is 10.8 Å². The second-order valence-electron chi connectivity index (χ2n) is 3.35. The number of hydrogen-bond donors (Lipinski definition) is 2. The van der Waals surface area contributed by atoms with Crippen LogP contribution in [0.1, 0.15) is 11.4 Å². The maximum absolute atomic E-state index is 5.84. The maximum Gasteiger partial charge on any atom is 0.0599 e. The Kier molecular flexibility index (Phi) is 1.77. The fourth-order valence-corrected chi connectivity index (χ4v) is 1.66. The van der Waals surface area contributed by atoms with Gasteiger partial charge in [0.05, 0.1) is 23.8 Å². The predicted octanol–water partition coefficient (Wildman–Crippen LogP) is 1.41. The first kappa shape index (κ1) is 8.74. The van der Waals surface area contributed by atoms with Gasteiger partial charge in [-0.25, -0.2) is 0 Å². The molecule has 0 radical (unpaired) electrons. The van der Waals surface area contributed by atoms with Crippen molar-refractivity contribution in [3.63, 3.8) is 0 Å². The number of aromatic nitrogens is 2. The molecule has 4 heteroatoms. The monoisotopic (exact) mass is 188 g/mol. The van der Waals surface area contributed by atoms with Crippen molar-refractivity contribution in [1.29, 1.82) is 0 Å². The highest BCUT2D eigenvalue weighted by Gasteiger charge is 2.08. The molecule has 4 N–H and O–H groups in total. The summed E-state index contributed by atoms with van der Waals surface area (Å²) in [5.74, 6) is 0. The van der Waals surface area contributed by atoms with Gasteiger partial charge in [0, 0.05) is 22.2 Å². The van der Waals surface area contributed by atoms with Crippen molar-refractivity contribution in [3.8, 4) is 0 Å². The van der Waals surface area contributed by atoms with Crippen LogP contribution in [0.2, 0.25) is 0 Å². The number of pyridine rings is 2. The largest absolute Gasteiger partial charge is 0.397 e. The Labute approximate surface area is 82.0 Å². The Balaban J connectivity index is 3.05. The highest BCUT2D eigenvalue weighted by Crippen LogP contribution is 2.28. The Morgan fingerprint density at radius 1 is 0.857 bits per heavy atom. The van der Waals surface area contributed by atoms with E-state index in [1.54, 1.807) is 12.4 Å². The van der Waals surface area contributed by atoms with Crippen molar-refractivity contribution < 1.29 is 0 Å². The van der Waals surface area contributed by atoms with E-state index in [0.717, 1.165) is 22.2 Å². The Morgan fingerprint density at radius 2 is 1.21 bits per heavy atom. The van der Waals surface area contributed by atoms with E-state index in [1.165, 1.54) is 0 Å². The van der Waals surface area contributed by atoms with Crippen LogP contribution < -0.4 is 11.5 Å². The number of nitrogens with zero attached hydrogens (tertiary/aromatic N) is 2. The smallest absolute Gasteiger partial charge is 0.0599 e. The number of nitrogens with two attached hydrogens (primary N) is 2. The lowest BCUT2D eigenvalue weighted by molar-refractivity contribution is 1.20. The number of fused-ring (bicyclic) bond motifs is 1. The van der Waals surface area contributed by atoms with Gasteiger partial charge in [-0.15, -0.1) is 0 Å². The highest BCUT2D eigenvalue weighted by molar-refractivity contribution is 6.02. The van der Waals surface area contributed by atoms with Gasteiger partial charge < -0.3 is 11.5 Å². The van der Waals surface area contributed by atoms with Gasteiger partial charge in [0.1, 0.15) is 0 Å². The molecular weight excluding hydrogens is 176 g/mol. The van der Waals surface area contributed by atoms with Crippen LogP contribution in [0.15, 0.2) is 12.4 Å². The summed E-state index contributed by atoms with van der Waals surface area (Å²) in [4.78, 5) is 8.35. The third-order valence-electron chi connectivity index (χ3n) is 2.35. The van der Waals surface area contributed by atoms with Crippen molar-refractivity contribution in [2.24, 2.45) is 0 Å². The summed E-state index contributed by atoms with van der Waals surface area (Å²) in [7, 11) is 0. The zero-order chi connectivity index (χ0) is 10.3. The van der Waals surface area contributed by atoms with Gasteiger partial charge >= 0.3 is 0 Å². The first-order valence-electron chi connectivity index (χ1n) is 4.37. The minimum absolute atomic E-state index is 0.628. The lowest BCUT2D eigenvalue weighted by Gasteiger charge is -2.08. The van der Waals surface area contributed by atoms with Gasteiger partial charge in [-0.1, -0.05) is 0 Å². The van der Waals surface area contributed by atoms with Crippen LogP contribution >= 0.6 is 0 Å². The van der Waals surface area contributed by atoms with Gasteiger partial charge in [-0.3, -0.25) is 9.97 Å². The second kappa shape index (κ2) is 2.83. The van der Waals surface area contributed by atoms with E-state index < -0.39 is 0 Å².